The molecule has 1 aromatic carbocycles. The lowest BCUT2D eigenvalue weighted by Crippen LogP contribution is -2.47. The van der Waals surface area contributed by atoms with Gasteiger partial charge in [0.15, 0.2) is 5.65 Å². The molecule has 0 aliphatic heterocycles. The molecular formula is C21H25N5O3. The number of aryl methyl sites for hydroxylation is 2. The number of carbonyl (C=O) groups is 2. The molecule has 0 bridgehead atoms. The maximum atomic E-state index is 12.9. The van der Waals surface area contributed by atoms with Crippen LogP contribution in [0.4, 0.5) is 5.69 Å². The van der Waals surface area contributed by atoms with Crippen molar-refractivity contribution in [3.05, 3.63) is 47.8 Å². The SMILES string of the molecule is COc1ccc(C(=O)NC(C(=O)Nc2cnc3c(c2)c(C)nn3C)C(C)C)cc1. The Hall–Kier alpha value is -3.42. The number of methoxy groups -OCH3 is 1. The van der Waals surface area contributed by atoms with Gasteiger partial charge in [-0.05, 0) is 43.2 Å². The first-order chi connectivity index (χ1) is 13.8. The first-order valence-corrected chi connectivity index (χ1v) is 9.35. The fraction of sp³-hybridized carbons (Fsp3) is 0.333. The summed E-state index contributed by atoms with van der Waals surface area (Å²) in [5.74, 6) is -0.0648. The van der Waals surface area contributed by atoms with Gasteiger partial charge in [-0.3, -0.25) is 14.3 Å². The van der Waals surface area contributed by atoms with Crippen LogP contribution in [-0.4, -0.2) is 39.7 Å². The summed E-state index contributed by atoms with van der Waals surface area (Å²) in [5, 5.41) is 10.9. The number of amides is 2. The minimum atomic E-state index is -0.699. The van der Waals surface area contributed by atoms with E-state index in [9.17, 15) is 9.59 Å². The molecule has 0 spiro atoms. The van der Waals surface area contributed by atoms with Crippen LogP contribution in [0.3, 0.4) is 0 Å². The number of rotatable bonds is 6. The molecule has 0 saturated heterocycles. The molecular weight excluding hydrogens is 370 g/mol. The van der Waals surface area contributed by atoms with Crippen molar-refractivity contribution in [2.75, 3.05) is 12.4 Å². The van der Waals surface area contributed by atoms with E-state index < -0.39 is 6.04 Å². The smallest absolute Gasteiger partial charge is 0.251 e. The van der Waals surface area contributed by atoms with E-state index in [0.29, 0.717) is 17.0 Å². The zero-order valence-electron chi connectivity index (χ0n) is 17.2. The molecule has 29 heavy (non-hydrogen) atoms. The Morgan fingerprint density at radius 2 is 1.86 bits per heavy atom. The van der Waals surface area contributed by atoms with Crippen LogP contribution in [0.1, 0.15) is 29.9 Å². The molecule has 0 aliphatic rings. The Bertz CT molecular complexity index is 1040. The zero-order chi connectivity index (χ0) is 21.1. The Kier molecular flexibility index (Phi) is 5.81. The van der Waals surface area contributed by atoms with Crippen LogP contribution in [0.25, 0.3) is 11.0 Å². The molecule has 1 unspecified atom stereocenters. The van der Waals surface area contributed by atoms with Crippen molar-refractivity contribution in [3.8, 4) is 5.75 Å². The molecule has 0 saturated carbocycles. The van der Waals surface area contributed by atoms with Crippen molar-refractivity contribution < 1.29 is 14.3 Å². The fourth-order valence-corrected chi connectivity index (χ4v) is 3.10. The standard InChI is InChI=1S/C21H25N5O3/c1-12(2)18(24-20(27)14-6-8-16(29-5)9-7-14)21(28)23-15-10-17-13(3)25-26(4)19(17)22-11-15/h6-12,18H,1-5H3,(H,23,28)(H,24,27). The molecule has 0 aliphatic carbocycles. The van der Waals surface area contributed by atoms with E-state index in [4.69, 9.17) is 4.74 Å². The van der Waals surface area contributed by atoms with Crippen LogP contribution in [0, 0.1) is 12.8 Å². The van der Waals surface area contributed by atoms with E-state index in [1.807, 2.05) is 33.9 Å². The third kappa shape index (κ3) is 4.37. The first-order valence-electron chi connectivity index (χ1n) is 9.35. The number of pyridine rings is 1. The molecule has 8 heteroatoms. The predicted octanol–water partition coefficient (Wildman–Crippen LogP) is 2.68. The van der Waals surface area contributed by atoms with E-state index in [1.165, 1.54) is 0 Å². The molecule has 2 heterocycles. The summed E-state index contributed by atoms with van der Waals surface area (Å²) in [6.07, 6.45) is 1.59. The van der Waals surface area contributed by atoms with Gasteiger partial charge in [0.05, 0.1) is 24.7 Å². The summed E-state index contributed by atoms with van der Waals surface area (Å²) in [5.41, 5.74) is 2.59. The number of nitrogens with zero attached hydrogens (tertiary/aromatic N) is 3. The van der Waals surface area contributed by atoms with E-state index in [-0.39, 0.29) is 17.7 Å². The maximum Gasteiger partial charge on any atom is 0.251 e. The highest BCUT2D eigenvalue weighted by atomic mass is 16.5. The van der Waals surface area contributed by atoms with Crippen molar-refractivity contribution in [2.45, 2.75) is 26.8 Å². The molecule has 152 valence electrons. The highest BCUT2D eigenvalue weighted by Gasteiger charge is 2.25. The quantitative estimate of drug-likeness (QED) is 0.669. The molecule has 1 atom stereocenters. The number of hydrogen-bond donors (Lipinski definition) is 2. The first kappa shape index (κ1) is 20.3. The van der Waals surface area contributed by atoms with Gasteiger partial charge in [-0.25, -0.2) is 4.98 Å². The number of hydrogen-bond acceptors (Lipinski definition) is 5. The molecule has 0 radical (unpaired) electrons. The summed E-state index contributed by atoms with van der Waals surface area (Å²) in [6.45, 7) is 5.65. The molecule has 2 aromatic heterocycles. The summed E-state index contributed by atoms with van der Waals surface area (Å²) in [7, 11) is 3.39. The van der Waals surface area contributed by atoms with Crippen LogP contribution >= 0.6 is 0 Å². The number of aromatic nitrogens is 3. The van der Waals surface area contributed by atoms with Gasteiger partial charge in [-0.15, -0.1) is 0 Å². The minimum Gasteiger partial charge on any atom is -0.497 e. The number of carbonyl (C=O) groups excluding carboxylic acids is 2. The van der Waals surface area contributed by atoms with Crippen LogP contribution in [-0.2, 0) is 11.8 Å². The summed E-state index contributed by atoms with van der Waals surface area (Å²) >= 11 is 0. The lowest BCUT2D eigenvalue weighted by Gasteiger charge is -2.21. The van der Waals surface area contributed by atoms with Crippen LogP contribution in [0.5, 0.6) is 5.75 Å². The molecule has 2 N–H and O–H groups in total. The average Bonchev–Trinajstić information content (AvgIpc) is 2.98. The molecule has 3 rings (SSSR count). The van der Waals surface area contributed by atoms with E-state index in [1.54, 1.807) is 42.3 Å². The molecule has 0 fully saturated rings. The normalized spacial score (nSPS) is 12.1. The highest BCUT2D eigenvalue weighted by Crippen LogP contribution is 2.20. The summed E-state index contributed by atoms with van der Waals surface area (Å²) < 4.78 is 6.80. The van der Waals surface area contributed by atoms with Crippen molar-refractivity contribution in [1.29, 1.82) is 0 Å². The fourth-order valence-electron chi connectivity index (χ4n) is 3.10. The average molecular weight is 395 g/mol. The maximum absolute atomic E-state index is 12.9. The number of nitrogens with one attached hydrogen (secondary N) is 2. The zero-order valence-corrected chi connectivity index (χ0v) is 17.2. The van der Waals surface area contributed by atoms with Crippen LogP contribution < -0.4 is 15.4 Å². The summed E-state index contributed by atoms with van der Waals surface area (Å²) in [4.78, 5) is 29.8. The third-order valence-corrected chi connectivity index (χ3v) is 4.72. The minimum absolute atomic E-state index is 0.103. The number of ether oxygens (including phenoxy) is 1. The second-order valence-electron chi connectivity index (χ2n) is 7.22. The number of benzene rings is 1. The highest BCUT2D eigenvalue weighted by molar-refractivity contribution is 6.01. The van der Waals surface area contributed by atoms with Gasteiger partial charge in [0, 0.05) is 18.0 Å². The van der Waals surface area contributed by atoms with Gasteiger partial charge >= 0.3 is 0 Å². The van der Waals surface area contributed by atoms with E-state index in [0.717, 1.165) is 16.7 Å². The topological polar surface area (TPSA) is 98.1 Å². The van der Waals surface area contributed by atoms with Gasteiger partial charge in [-0.2, -0.15) is 5.10 Å². The van der Waals surface area contributed by atoms with Gasteiger partial charge in [0.2, 0.25) is 5.91 Å². The Morgan fingerprint density at radius 3 is 2.48 bits per heavy atom. The molecule has 2 amide bonds. The Morgan fingerprint density at radius 1 is 1.17 bits per heavy atom. The summed E-state index contributed by atoms with van der Waals surface area (Å²) in [6, 6.07) is 7.87. The molecule has 8 nitrogen and oxygen atoms in total. The predicted molar refractivity (Wildman–Crippen MR) is 111 cm³/mol. The van der Waals surface area contributed by atoms with Gasteiger partial charge < -0.3 is 15.4 Å². The second-order valence-corrected chi connectivity index (χ2v) is 7.22. The van der Waals surface area contributed by atoms with Crippen molar-refractivity contribution in [1.82, 2.24) is 20.1 Å². The van der Waals surface area contributed by atoms with Crippen molar-refractivity contribution in [2.24, 2.45) is 13.0 Å². The van der Waals surface area contributed by atoms with Crippen LogP contribution in [0.2, 0.25) is 0 Å². The van der Waals surface area contributed by atoms with E-state index in [2.05, 4.69) is 20.7 Å². The van der Waals surface area contributed by atoms with Crippen molar-refractivity contribution >= 4 is 28.5 Å². The Labute approximate surface area is 169 Å². The van der Waals surface area contributed by atoms with Gasteiger partial charge in [-0.1, -0.05) is 13.8 Å². The van der Waals surface area contributed by atoms with Gasteiger partial charge in [0.1, 0.15) is 11.8 Å². The van der Waals surface area contributed by atoms with E-state index >= 15 is 0 Å². The lowest BCUT2D eigenvalue weighted by molar-refractivity contribution is -0.118. The third-order valence-electron chi connectivity index (χ3n) is 4.72. The molecule has 3 aromatic rings. The monoisotopic (exact) mass is 395 g/mol. The lowest BCUT2D eigenvalue weighted by atomic mass is 10.0. The second kappa shape index (κ2) is 8.30. The number of anilines is 1. The van der Waals surface area contributed by atoms with Crippen molar-refractivity contribution in [3.63, 3.8) is 0 Å². The Balaban J connectivity index is 1.75. The van der Waals surface area contributed by atoms with Crippen LogP contribution in [0.15, 0.2) is 36.5 Å². The largest absolute Gasteiger partial charge is 0.497 e. The number of fused-ring (bicyclic) bond motifs is 1. The van der Waals surface area contributed by atoms with Gasteiger partial charge in [0.25, 0.3) is 5.91 Å².